The molecule has 170 valence electrons. The lowest BCUT2D eigenvalue weighted by atomic mass is 9.85. The number of nitrogens with zero attached hydrogens (tertiary/aromatic N) is 1. The van der Waals surface area contributed by atoms with Crippen LogP contribution in [0.25, 0.3) is 0 Å². The summed E-state index contributed by atoms with van der Waals surface area (Å²) in [6.07, 6.45) is 2.86. The van der Waals surface area contributed by atoms with E-state index in [0.717, 1.165) is 38.0 Å². The third-order valence-corrected chi connectivity index (χ3v) is 6.15. The average molecular weight is 438 g/mol. The first-order chi connectivity index (χ1) is 15.5. The van der Waals surface area contributed by atoms with E-state index in [2.05, 4.69) is 27.7 Å². The molecule has 2 aliphatic heterocycles. The van der Waals surface area contributed by atoms with Gasteiger partial charge >= 0.3 is 0 Å². The Hall–Kier alpha value is -2.74. The summed E-state index contributed by atoms with van der Waals surface area (Å²) in [6, 6.07) is 17.3. The van der Waals surface area contributed by atoms with Crippen LogP contribution in [0.4, 0.5) is 11.4 Å². The second-order valence-electron chi connectivity index (χ2n) is 8.59. The van der Waals surface area contributed by atoms with Crippen molar-refractivity contribution in [3.8, 4) is 0 Å². The molecule has 2 unspecified atom stereocenters. The molecule has 1 spiro atoms. The van der Waals surface area contributed by atoms with Crippen molar-refractivity contribution in [2.75, 3.05) is 36.9 Å². The molecule has 2 aromatic rings. The van der Waals surface area contributed by atoms with Crippen LogP contribution in [0.2, 0.25) is 0 Å². The maximum atomic E-state index is 12.6. The van der Waals surface area contributed by atoms with Crippen molar-refractivity contribution >= 4 is 23.2 Å². The number of rotatable bonds is 7. The summed E-state index contributed by atoms with van der Waals surface area (Å²) in [5.41, 5.74) is 2.31. The van der Waals surface area contributed by atoms with Gasteiger partial charge in [-0.2, -0.15) is 0 Å². The molecule has 2 atom stereocenters. The summed E-state index contributed by atoms with van der Waals surface area (Å²) in [7, 11) is 0. The van der Waals surface area contributed by atoms with Crippen LogP contribution in [0.3, 0.4) is 0 Å². The Labute approximate surface area is 189 Å². The molecule has 2 saturated heterocycles. The molecule has 7 nitrogen and oxygen atoms in total. The number of benzene rings is 2. The topological polar surface area (TPSA) is 79.9 Å². The number of carbonyl (C=O) groups excluding carboxylic acids is 2. The summed E-state index contributed by atoms with van der Waals surface area (Å²) < 4.78 is 12.5. The molecule has 2 N–H and O–H groups in total. The molecule has 0 saturated carbocycles. The van der Waals surface area contributed by atoms with E-state index in [4.69, 9.17) is 9.47 Å². The Morgan fingerprint density at radius 2 is 1.78 bits per heavy atom. The number of piperidine rings is 1. The lowest BCUT2D eigenvalue weighted by molar-refractivity contribution is -0.159. The van der Waals surface area contributed by atoms with E-state index in [1.807, 2.05) is 18.2 Å². The molecule has 2 aliphatic rings. The van der Waals surface area contributed by atoms with Gasteiger partial charge in [-0.25, -0.2) is 0 Å². The predicted octanol–water partition coefficient (Wildman–Crippen LogP) is 3.42. The number of carbonyl (C=O) groups is 2. The van der Waals surface area contributed by atoms with E-state index in [0.29, 0.717) is 31.1 Å². The molecule has 0 radical (unpaired) electrons. The Balaban J connectivity index is 1.33. The van der Waals surface area contributed by atoms with Crippen LogP contribution >= 0.6 is 0 Å². The van der Waals surface area contributed by atoms with Crippen molar-refractivity contribution in [1.29, 1.82) is 0 Å². The molecule has 0 bridgehead atoms. The minimum absolute atomic E-state index is 0.0660. The molecular weight excluding hydrogens is 406 g/mol. The average Bonchev–Trinajstić information content (AvgIpc) is 3.25. The van der Waals surface area contributed by atoms with Gasteiger partial charge in [-0.15, -0.1) is 0 Å². The monoisotopic (exact) mass is 437 g/mol. The zero-order valence-electron chi connectivity index (χ0n) is 18.5. The molecular formula is C25H31N3O4. The molecule has 2 amide bonds. The largest absolute Gasteiger partial charge is 0.372 e. The zero-order chi connectivity index (χ0) is 22.4. The van der Waals surface area contributed by atoms with Gasteiger partial charge in [-0.05, 0) is 49.1 Å². The van der Waals surface area contributed by atoms with E-state index in [1.165, 1.54) is 6.92 Å². The van der Waals surface area contributed by atoms with Crippen molar-refractivity contribution in [2.24, 2.45) is 0 Å². The van der Waals surface area contributed by atoms with Gasteiger partial charge in [0.15, 0.2) is 0 Å². The van der Waals surface area contributed by atoms with Crippen molar-refractivity contribution < 1.29 is 19.1 Å². The first-order valence-electron chi connectivity index (χ1n) is 11.2. The van der Waals surface area contributed by atoms with Crippen molar-refractivity contribution in [3.63, 3.8) is 0 Å². The number of ether oxygens (including phenoxy) is 2. The predicted molar refractivity (Wildman–Crippen MR) is 123 cm³/mol. The first kappa shape index (κ1) is 22.5. The minimum Gasteiger partial charge on any atom is -0.372 e. The highest BCUT2D eigenvalue weighted by Gasteiger charge is 2.47. The Kier molecular flexibility index (Phi) is 7.19. The summed E-state index contributed by atoms with van der Waals surface area (Å²) in [6.45, 7) is 4.56. The summed E-state index contributed by atoms with van der Waals surface area (Å²) in [5.74, 6) is -0.192. The number of nitrogens with one attached hydrogen (secondary N) is 2. The Morgan fingerprint density at radius 1 is 1.06 bits per heavy atom. The normalized spacial score (nSPS) is 23.2. The van der Waals surface area contributed by atoms with E-state index in [9.17, 15) is 9.59 Å². The van der Waals surface area contributed by atoms with Crippen LogP contribution in [0.15, 0.2) is 54.6 Å². The Morgan fingerprint density at radius 3 is 2.44 bits per heavy atom. The summed E-state index contributed by atoms with van der Waals surface area (Å²) in [4.78, 5) is 25.9. The Bertz CT molecular complexity index is 911. The van der Waals surface area contributed by atoms with Crippen LogP contribution in [0.1, 0.15) is 31.7 Å². The van der Waals surface area contributed by atoms with Crippen LogP contribution < -0.4 is 10.6 Å². The summed E-state index contributed by atoms with van der Waals surface area (Å²) >= 11 is 0. The standard InChI is InChI=1S/C25H31N3O4/c1-19(29)26-21-8-10-22(11-9-21)27-24(30)17-28-14-13-25(12-5-15-32-25)23(16-28)31-18-20-6-3-2-4-7-20/h2-4,6-11,23H,5,12-18H2,1H3,(H,26,29)(H,27,30). The van der Waals surface area contributed by atoms with Crippen molar-refractivity contribution in [1.82, 2.24) is 4.90 Å². The highest BCUT2D eigenvalue weighted by atomic mass is 16.6. The number of hydrogen-bond donors (Lipinski definition) is 2. The van der Waals surface area contributed by atoms with Crippen LogP contribution in [0, 0.1) is 0 Å². The molecule has 2 fully saturated rings. The SMILES string of the molecule is CC(=O)Nc1ccc(NC(=O)CN2CCC3(CCCO3)C(OCc3ccccc3)C2)cc1. The third-order valence-electron chi connectivity index (χ3n) is 6.15. The van der Waals surface area contributed by atoms with Crippen LogP contribution in [-0.2, 0) is 25.7 Å². The minimum atomic E-state index is -0.235. The third kappa shape index (κ3) is 5.73. The molecule has 7 heteroatoms. The lowest BCUT2D eigenvalue weighted by Gasteiger charge is -2.44. The van der Waals surface area contributed by atoms with Crippen LogP contribution in [0.5, 0.6) is 0 Å². The second kappa shape index (κ2) is 10.3. The van der Waals surface area contributed by atoms with E-state index in [-0.39, 0.29) is 23.5 Å². The van der Waals surface area contributed by atoms with Gasteiger partial charge < -0.3 is 20.1 Å². The molecule has 0 aliphatic carbocycles. The fraction of sp³-hybridized carbons (Fsp3) is 0.440. The molecule has 4 rings (SSSR count). The smallest absolute Gasteiger partial charge is 0.238 e. The maximum absolute atomic E-state index is 12.6. The molecule has 2 heterocycles. The first-order valence-corrected chi connectivity index (χ1v) is 11.2. The molecule has 2 aromatic carbocycles. The number of anilines is 2. The van der Waals surface area contributed by atoms with Gasteiger partial charge in [0.25, 0.3) is 0 Å². The number of amides is 2. The van der Waals surface area contributed by atoms with Gasteiger partial charge in [0, 0.05) is 38.0 Å². The van der Waals surface area contributed by atoms with Gasteiger partial charge in [0.05, 0.1) is 24.9 Å². The van der Waals surface area contributed by atoms with Gasteiger partial charge in [-0.1, -0.05) is 30.3 Å². The lowest BCUT2D eigenvalue weighted by Crippen LogP contribution is -2.57. The summed E-state index contributed by atoms with van der Waals surface area (Å²) in [5, 5.41) is 5.66. The fourth-order valence-corrected chi connectivity index (χ4v) is 4.53. The van der Waals surface area contributed by atoms with Gasteiger partial charge in [-0.3, -0.25) is 14.5 Å². The molecule has 0 aromatic heterocycles. The van der Waals surface area contributed by atoms with Crippen LogP contribution in [-0.4, -0.2) is 54.7 Å². The van der Waals surface area contributed by atoms with E-state index < -0.39 is 0 Å². The van der Waals surface area contributed by atoms with E-state index in [1.54, 1.807) is 24.3 Å². The highest BCUT2D eigenvalue weighted by Crippen LogP contribution is 2.38. The number of likely N-dealkylation sites (tertiary alicyclic amines) is 1. The van der Waals surface area contributed by atoms with Crippen molar-refractivity contribution in [3.05, 3.63) is 60.2 Å². The van der Waals surface area contributed by atoms with Gasteiger partial charge in [0.2, 0.25) is 11.8 Å². The number of hydrogen-bond acceptors (Lipinski definition) is 5. The maximum Gasteiger partial charge on any atom is 0.238 e. The highest BCUT2D eigenvalue weighted by molar-refractivity contribution is 5.93. The second-order valence-corrected chi connectivity index (χ2v) is 8.59. The quantitative estimate of drug-likeness (QED) is 0.694. The zero-order valence-corrected chi connectivity index (χ0v) is 18.5. The fourth-order valence-electron chi connectivity index (χ4n) is 4.53. The van der Waals surface area contributed by atoms with Gasteiger partial charge in [0.1, 0.15) is 0 Å². The van der Waals surface area contributed by atoms with Crippen molar-refractivity contribution in [2.45, 2.75) is 44.5 Å². The molecule has 32 heavy (non-hydrogen) atoms. The van der Waals surface area contributed by atoms with E-state index >= 15 is 0 Å².